The van der Waals surface area contributed by atoms with Crippen LogP contribution in [0.15, 0.2) is 0 Å². The summed E-state index contributed by atoms with van der Waals surface area (Å²) in [6, 6.07) is -1.48. The lowest BCUT2D eigenvalue weighted by Crippen LogP contribution is -2.36. The minimum Gasteiger partial charge on any atom is -0.480 e. The molecule has 0 aliphatic rings. The van der Waals surface area contributed by atoms with Crippen LogP contribution in [0.5, 0.6) is 0 Å². The molecule has 0 amide bonds. The van der Waals surface area contributed by atoms with Gasteiger partial charge in [0.1, 0.15) is 12.1 Å². The summed E-state index contributed by atoms with van der Waals surface area (Å²) in [5.74, 6) is -1.39. The topological polar surface area (TPSA) is 136 Å². The molecule has 7 nitrogen and oxygen atoms in total. The van der Waals surface area contributed by atoms with Gasteiger partial charge in [0.25, 0.3) is 0 Å². The molecule has 0 saturated carbocycles. The van der Waals surface area contributed by atoms with Crippen molar-refractivity contribution in [2.24, 2.45) is 22.8 Å². The van der Waals surface area contributed by atoms with Crippen LogP contribution in [-0.2, 0) is 14.3 Å². The molecule has 0 aromatic heterocycles. The van der Waals surface area contributed by atoms with Crippen molar-refractivity contribution in [2.75, 3.05) is 13.7 Å². The number of hydrogen-bond donors (Lipinski definition) is 4. The zero-order valence-electron chi connectivity index (χ0n) is 15.0. The maximum Gasteiger partial charge on any atom is 0.320 e. The Morgan fingerprint density at radius 2 is 1.48 bits per heavy atom. The summed E-state index contributed by atoms with van der Waals surface area (Å²) in [6.45, 7) is 8.50. The van der Waals surface area contributed by atoms with Crippen LogP contribution in [0.1, 0.15) is 53.4 Å². The lowest BCUT2D eigenvalue weighted by Gasteiger charge is -2.25. The third-order valence-electron chi connectivity index (χ3n) is 3.68. The van der Waals surface area contributed by atoms with Gasteiger partial charge in [-0.2, -0.15) is 0 Å². The number of aliphatic carboxylic acids is 2. The standard InChI is InChI=1S/C8H17NO3.C8H17NO2/c1-8(2,5-12-3)4-6(9)7(10)11;1-3-6(4-2)5-7(9)8(10)11/h6H,4-5,9H2,1-3H3,(H,10,11);6-7H,3-5,9H2,1-2H3,(H,10,11). The number of hydrogen-bond acceptors (Lipinski definition) is 5. The number of methoxy groups -OCH3 is 1. The molecule has 7 heteroatoms. The number of carboxylic acid groups (broad SMARTS) is 2. The molecule has 0 saturated heterocycles. The first-order valence-electron chi connectivity index (χ1n) is 7.96. The zero-order valence-corrected chi connectivity index (χ0v) is 15.0. The second-order valence-electron chi connectivity index (χ2n) is 6.61. The van der Waals surface area contributed by atoms with Crippen LogP contribution in [0.25, 0.3) is 0 Å². The largest absolute Gasteiger partial charge is 0.480 e. The third-order valence-corrected chi connectivity index (χ3v) is 3.68. The first kappa shape index (κ1) is 24.1. The summed E-state index contributed by atoms with van der Waals surface area (Å²) >= 11 is 0. The highest BCUT2D eigenvalue weighted by Gasteiger charge is 2.24. The van der Waals surface area contributed by atoms with E-state index in [9.17, 15) is 9.59 Å². The van der Waals surface area contributed by atoms with Gasteiger partial charge in [-0.1, -0.05) is 40.5 Å². The summed E-state index contributed by atoms with van der Waals surface area (Å²) in [5.41, 5.74) is 10.6. The van der Waals surface area contributed by atoms with Gasteiger partial charge in [0.05, 0.1) is 6.61 Å². The van der Waals surface area contributed by atoms with Crippen LogP contribution >= 0.6 is 0 Å². The van der Waals surface area contributed by atoms with E-state index in [1.54, 1.807) is 7.11 Å². The van der Waals surface area contributed by atoms with Crippen molar-refractivity contribution in [1.29, 1.82) is 0 Å². The molecule has 2 atom stereocenters. The van der Waals surface area contributed by atoms with Gasteiger partial charge in [-0.3, -0.25) is 9.59 Å². The van der Waals surface area contributed by atoms with Gasteiger partial charge in [0.15, 0.2) is 0 Å². The number of ether oxygens (including phenoxy) is 1. The summed E-state index contributed by atoms with van der Waals surface area (Å²) < 4.78 is 4.94. The fourth-order valence-corrected chi connectivity index (χ4v) is 2.21. The van der Waals surface area contributed by atoms with E-state index in [0.29, 0.717) is 25.4 Å². The molecule has 0 aromatic carbocycles. The Bertz CT molecular complexity index is 343. The van der Waals surface area contributed by atoms with E-state index in [4.69, 9.17) is 26.4 Å². The fourth-order valence-electron chi connectivity index (χ4n) is 2.21. The Balaban J connectivity index is 0. The summed E-state index contributed by atoms with van der Waals surface area (Å²) in [4.78, 5) is 20.8. The smallest absolute Gasteiger partial charge is 0.320 e. The van der Waals surface area contributed by atoms with Gasteiger partial charge < -0.3 is 26.4 Å². The van der Waals surface area contributed by atoms with Crippen molar-refractivity contribution in [2.45, 2.75) is 65.5 Å². The van der Waals surface area contributed by atoms with E-state index in [1.807, 2.05) is 13.8 Å². The van der Waals surface area contributed by atoms with Gasteiger partial charge in [-0.25, -0.2) is 0 Å². The average Bonchev–Trinajstić information content (AvgIpc) is 2.44. The highest BCUT2D eigenvalue weighted by Crippen LogP contribution is 2.21. The van der Waals surface area contributed by atoms with E-state index >= 15 is 0 Å². The van der Waals surface area contributed by atoms with Crippen molar-refractivity contribution < 1.29 is 24.5 Å². The number of nitrogens with two attached hydrogens (primary N) is 2. The maximum absolute atomic E-state index is 10.4. The van der Waals surface area contributed by atoms with Crippen LogP contribution in [-0.4, -0.2) is 48.0 Å². The van der Waals surface area contributed by atoms with E-state index in [-0.39, 0.29) is 5.41 Å². The van der Waals surface area contributed by atoms with Gasteiger partial charge in [-0.05, 0) is 24.2 Å². The van der Waals surface area contributed by atoms with Gasteiger partial charge >= 0.3 is 11.9 Å². The van der Waals surface area contributed by atoms with Crippen LogP contribution in [0.3, 0.4) is 0 Å². The highest BCUT2D eigenvalue weighted by molar-refractivity contribution is 5.73. The van der Waals surface area contributed by atoms with Gasteiger partial charge in [-0.15, -0.1) is 0 Å². The predicted octanol–water partition coefficient (Wildman–Crippen LogP) is 1.69. The van der Waals surface area contributed by atoms with Crippen LogP contribution in [0, 0.1) is 11.3 Å². The van der Waals surface area contributed by atoms with E-state index in [2.05, 4.69) is 13.8 Å². The quantitative estimate of drug-likeness (QED) is 0.477. The molecule has 0 aliphatic heterocycles. The molecule has 0 aromatic rings. The molecule has 0 heterocycles. The Hall–Kier alpha value is -1.18. The molecular weight excluding hydrogens is 300 g/mol. The summed E-state index contributed by atoms with van der Waals surface area (Å²) in [7, 11) is 1.59. The normalized spacial score (nSPS) is 13.9. The molecule has 0 radical (unpaired) electrons. The first-order chi connectivity index (χ1) is 10.5. The molecule has 2 unspecified atom stereocenters. The second kappa shape index (κ2) is 12.3. The minimum absolute atomic E-state index is 0.174. The molecule has 0 bridgehead atoms. The van der Waals surface area contributed by atoms with Gasteiger partial charge in [0, 0.05) is 7.11 Å². The van der Waals surface area contributed by atoms with Crippen LogP contribution < -0.4 is 11.5 Å². The zero-order chi connectivity index (χ0) is 18.6. The van der Waals surface area contributed by atoms with Crippen LogP contribution in [0.4, 0.5) is 0 Å². The Morgan fingerprint density at radius 1 is 1.04 bits per heavy atom. The lowest BCUT2D eigenvalue weighted by atomic mass is 9.87. The maximum atomic E-state index is 10.4. The molecule has 0 rings (SSSR count). The summed E-state index contributed by atoms with van der Waals surface area (Å²) in [5, 5.41) is 17.0. The average molecular weight is 334 g/mol. The summed E-state index contributed by atoms with van der Waals surface area (Å²) in [6.07, 6.45) is 3.05. The van der Waals surface area contributed by atoms with Crippen molar-refractivity contribution in [1.82, 2.24) is 0 Å². The SMILES string of the molecule is CCC(CC)CC(N)C(=O)O.COCC(C)(C)CC(N)C(=O)O. The molecular formula is C16H34N2O5. The van der Waals surface area contributed by atoms with Gasteiger partial charge in [0.2, 0.25) is 0 Å². The Kier molecular flexibility index (Phi) is 12.8. The first-order valence-corrected chi connectivity index (χ1v) is 7.96. The molecule has 6 N–H and O–H groups in total. The Labute approximate surface area is 139 Å². The van der Waals surface area contributed by atoms with E-state index in [0.717, 1.165) is 12.8 Å². The highest BCUT2D eigenvalue weighted by atomic mass is 16.5. The van der Waals surface area contributed by atoms with Crippen LogP contribution in [0.2, 0.25) is 0 Å². The van der Waals surface area contributed by atoms with Crippen molar-refractivity contribution >= 4 is 11.9 Å². The van der Waals surface area contributed by atoms with Crippen molar-refractivity contribution in [3.63, 3.8) is 0 Å². The number of carboxylic acids is 2. The lowest BCUT2D eigenvalue weighted by molar-refractivity contribution is -0.140. The van der Waals surface area contributed by atoms with Crippen molar-refractivity contribution in [3.05, 3.63) is 0 Å². The minimum atomic E-state index is -0.959. The third kappa shape index (κ3) is 13.0. The predicted molar refractivity (Wildman–Crippen MR) is 90.2 cm³/mol. The van der Waals surface area contributed by atoms with E-state index in [1.165, 1.54) is 0 Å². The number of carbonyl (C=O) groups is 2. The second-order valence-corrected chi connectivity index (χ2v) is 6.61. The molecule has 23 heavy (non-hydrogen) atoms. The molecule has 138 valence electrons. The van der Waals surface area contributed by atoms with Crippen molar-refractivity contribution in [3.8, 4) is 0 Å². The number of rotatable bonds is 10. The monoisotopic (exact) mass is 334 g/mol. The Morgan fingerprint density at radius 3 is 1.78 bits per heavy atom. The molecule has 0 spiro atoms. The molecule has 0 aliphatic carbocycles. The fraction of sp³-hybridized carbons (Fsp3) is 0.875. The molecule has 0 fully saturated rings. The van der Waals surface area contributed by atoms with E-state index < -0.39 is 24.0 Å².